The lowest BCUT2D eigenvalue weighted by atomic mass is 10.2. The van der Waals surface area contributed by atoms with Crippen molar-refractivity contribution in [2.45, 2.75) is 5.88 Å². The van der Waals surface area contributed by atoms with E-state index >= 15 is 0 Å². The van der Waals surface area contributed by atoms with E-state index in [1.54, 1.807) is 17.5 Å². The van der Waals surface area contributed by atoms with Crippen molar-refractivity contribution in [1.82, 2.24) is 9.59 Å². The highest BCUT2D eigenvalue weighted by atomic mass is 35.5. The number of nitrogens with zero attached hydrogens (tertiary/aromatic N) is 2. The molecule has 1 heterocycles. The molecule has 1 N–H and O–H groups in total. The number of halogens is 1. The van der Waals surface area contributed by atoms with Crippen LogP contribution in [0.3, 0.4) is 0 Å². The maximum Gasteiger partial charge on any atom is 0.277 e. The van der Waals surface area contributed by atoms with Gasteiger partial charge < -0.3 is 5.32 Å². The number of rotatable bonds is 3. The Morgan fingerprint density at radius 3 is 2.69 bits per heavy atom. The zero-order valence-electron chi connectivity index (χ0n) is 8.18. The molecular weight excluding hydrogens is 246 g/mol. The molecule has 0 unspecified atom stereocenters. The van der Waals surface area contributed by atoms with Crippen LogP contribution in [-0.2, 0) is 5.88 Å². The van der Waals surface area contributed by atoms with Crippen molar-refractivity contribution in [3.8, 4) is 0 Å². The SMILES string of the molecule is O=C(Nc1ccc(CCl)cc1)c1csnn1. The number of alkyl halides is 1. The number of anilines is 1. The minimum atomic E-state index is -0.257. The van der Waals surface area contributed by atoms with Gasteiger partial charge in [-0.3, -0.25) is 4.79 Å². The Labute approximate surface area is 101 Å². The quantitative estimate of drug-likeness (QED) is 0.856. The van der Waals surface area contributed by atoms with Gasteiger partial charge in [-0.1, -0.05) is 16.6 Å². The average Bonchev–Trinajstić information content (AvgIpc) is 2.83. The van der Waals surface area contributed by atoms with Gasteiger partial charge in [0.2, 0.25) is 0 Å². The van der Waals surface area contributed by atoms with Crippen molar-refractivity contribution in [2.75, 3.05) is 5.32 Å². The Hall–Kier alpha value is -1.46. The van der Waals surface area contributed by atoms with Crippen molar-refractivity contribution >= 4 is 34.7 Å². The summed E-state index contributed by atoms with van der Waals surface area (Å²) < 4.78 is 3.63. The second-order valence-corrected chi connectivity index (χ2v) is 3.95. The average molecular weight is 254 g/mol. The third-order valence-electron chi connectivity index (χ3n) is 1.96. The summed E-state index contributed by atoms with van der Waals surface area (Å²) in [5, 5.41) is 8.00. The molecule has 4 nitrogen and oxygen atoms in total. The predicted octanol–water partition coefficient (Wildman–Crippen LogP) is 2.53. The highest BCUT2D eigenvalue weighted by Crippen LogP contribution is 2.12. The highest BCUT2D eigenvalue weighted by molar-refractivity contribution is 7.03. The molecule has 0 saturated carbocycles. The standard InChI is InChI=1S/C10H8ClN3OS/c11-5-7-1-3-8(4-2-7)12-10(15)9-6-16-14-13-9/h1-4,6H,5H2,(H,12,15). The zero-order valence-corrected chi connectivity index (χ0v) is 9.76. The summed E-state index contributed by atoms with van der Waals surface area (Å²) in [6.07, 6.45) is 0. The first kappa shape index (κ1) is 11.0. The van der Waals surface area contributed by atoms with E-state index in [1.165, 1.54) is 0 Å². The number of nitrogens with one attached hydrogen (secondary N) is 1. The van der Waals surface area contributed by atoms with Crippen molar-refractivity contribution in [3.05, 3.63) is 40.9 Å². The molecule has 16 heavy (non-hydrogen) atoms. The van der Waals surface area contributed by atoms with E-state index in [0.29, 0.717) is 17.3 Å². The predicted molar refractivity (Wildman–Crippen MR) is 63.9 cm³/mol. The molecule has 1 amide bonds. The van der Waals surface area contributed by atoms with Crippen molar-refractivity contribution in [2.24, 2.45) is 0 Å². The van der Waals surface area contributed by atoms with Gasteiger partial charge in [0.05, 0.1) is 0 Å². The molecule has 0 spiro atoms. The van der Waals surface area contributed by atoms with Gasteiger partial charge in [-0.15, -0.1) is 16.7 Å². The van der Waals surface area contributed by atoms with Crippen LogP contribution in [0.5, 0.6) is 0 Å². The molecule has 2 aromatic rings. The van der Waals surface area contributed by atoms with Crippen molar-refractivity contribution in [3.63, 3.8) is 0 Å². The summed E-state index contributed by atoms with van der Waals surface area (Å²) in [4.78, 5) is 11.6. The van der Waals surface area contributed by atoms with Crippen LogP contribution in [0.1, 0.15) is 16.1 Å². The molecule has 1 aromatic heterocycles. The van der Waals surface area contributed by atoms with Crippen LogP contribution in [0.25, 0.3) is 0 Å². The van der Waals surface area contributed by atoms with Gasteiger partial charge in [-0.25, -0.2) is 0 Å². The number of hydrogen-bond acceptors (Lipinski definition) is 4. The van der Waals surface area contributed by atoms with E-state index in [0.717, 1.165) is 17.1 Å². The van der Waals surface area contributed by atoms with Gasteiger partial charge in [0.15, 0.2) is 5.69 Å². The molecule has 0 fully saturated rings. The summed E-state index contributed by atoms with van der Waals surface area (Å²) >= 11 is 6.81. The van der Waals surface area contributed by atoms with E-state index in [9.17, 15) is 4.79 Å². The largest absolute Gasteiger partial charge is 0.321 e. The molecular formula is C10H8ClN3OS. The number of amides is 1. The number of aromatic nitrogens is 2. The fraction of sp³-hybridized carbons (Fsp3) is 0.100. The first-order valence-electron chi connectivity index (χ1n) is 4.53. The lowest BCUT2D eigenvalue weighted by molar-refractivity contribution is 0.102. The van der Waals surface area contributed by atoms with Crippen LogP contribution in [0.4, 0.5) is 5.69 Å². The fourth-order valence-corrected chi connectivity index (χ4v) is 1.75. The summed E-state index contributed by atoms with van der Waals surface area (Å²) in [6, 6.07) is 7.33. The van der Waals surface area contributed by atoms with Crippen LogP contribution in [0.2, 0.25) is 0 Å². The minimum Gasteiger partial charge on any atom is -0.321 e. The van der Waals surface area contributed by atoms with Crippen molar-refractivity contribution in [1.29, 1.82) is 0 Å². The van der Waals surface area contributed by atoms with Crippen LogP contribution >= 0.6 is 23.1 Å². The second-order valence-electron chi connectivity index (χ2n) is 3.07. The number of carbonyl (C=O) groups is 1. The van der Waals surface area contributed by atoms with Gasteiger partial charge in [0, 0.05) is 16.9 Å². The summed E-state index contributed by atoms with van der Waals surface area (Å²) in [5.74, 6) is 0.205. The maximum atomic E-state index is 11.6. The van der Waals surface area contributed by atoms with Crippen LogP contribution < -0.4 is 5.32 Å². The Morgan fingerprint density at radius 1 is 1.38 bits per heavy atom. The van der Waals surface area contributed by atoms with Crippen molar-refractivity contribution < 1.29 is 4.79 Å². The Morgan fingerprint density at radius 2 is 2.12 bits per heavy atom. The highest BCUT2D eigenvalue weighted by Gasteiger charge is 2.08. The first-order valence-corrected chi connectivity index (χ1v) is 5.90. The topological polar surface area (TPSA) is 54.9 Å². The minimum absolute atomic E-state index is 0.257. The lowest BCUT2D eigenvalue weighted by Crippen LogP contribution is -2.12. The Kier molecular flexibility index (Phi) is 3.48. The molecule has 0 aliphatic rings. The van der Waals surface area contributed by atoms with E-state index in [2.05, 4.69) is 14.9 Å². The first-order chi connectivity index (χ1) is 7.79. The number of carbonyl (C=O) groups excluding carboxylic acids is 1. The van der Waals surface area contributed by atoms with E-state index in [1.807, 2.05) is 12.1 Å². The molecule has 0 aliphatic carbocycles. The van der Waals surface area contributed by atoms with Gasteiger partial charge >= 0.3 is 0 Å². The maximum absolute atomic E-state index is 11.6. The molecule has 0 aliphatic heterocycles. The van der Waals surface area contributed by atoms with Gasteiger partial charge in [-0.2, -0.15) is 0 Å². The van der Waals surface area contributed by atoms with Gasteiger partial charge in [-0.05, 0) is 29.2 Å². The molecule has 1 aromatic carbocycles. The van der Waals surface area contributed by atoms with E-state index < -0.39 is 0 Å². The molecule has 0 radical (unpaired) electrons. The molecule has 2 rings (SSSR count). The van der Waals surface area contributed by atoms with Crippen LogP contribution in [-0.4, -0.2) is 15.5 Å². The van der Waals surface area contributed by atoms with Gasteiger partial charge in [0.25, 0.3) is 5.91 Å². The molecule has 0 bridgehead atoms. The van der Waals surface area contributed by atoms with Crippen LogP contribution in [0, 0.1) is 0 Å². The Balaban J connectivity index is 2.06. The third-order valence-corrected chi connectivity index (χ3v) is 2.77. The summed E-state index contributed by atoms with van der Waals surface area (Å²) in [5.41, 5.74) is 2.05. The molecule has 82 valence electrons. The second kappa shape index (κ2) is 5.05. The molecule has 0 atom stereocenters. The smallest absolute Gasteiger partial charge is 0.277 e. The molecule has 6 heteroatoms. The third kappa shape index (κ3) is 2.56. The number of hydrogen-bond donors (Lipinski definition) is 1. The molecule has 0 saturated heterocycles. The Bertz CT molecular complexity index is 469. The summed E-state index contributed by atoms with van der Waals surface area (Å²) in [7, 11) is 0. The normalized spacial score (nSPS) is 10.1. The van der Waals surface area contributed by atoms with Crippen LogP contribution in [0.15, 0.2) is 29.6 Å². The monoisotopic (exact) mass is 253 g/mol. The lowest BCUT2D eigenvalue weighted by Gasteiger charge is -2.03. The summed E-state index contributed by atoms with van der Waals surface area (Å²) in [6.45, 7) is 0. The van der Waals surface area contributed by atoms with Gasteiger partial charge in [0.1, 0.15) is 0 Å². The fourth-order valence-electron chi connectivity index (χ4n) is 1.14. The van der Waals surface area contributed by atoms with E-state index in [-0.39, 0.29) is 5.91 Å². The number of benzene rings is 1. The van der Waals surface area contributed by atoms with E-state index in [4.69, 9.17) is 11.6 Å². The zero-order chi connectivity index (χ0) is 11.4.